The summed E-state index contributed by atoms with van der Waals surface area (Å²) >= 11 is 0. The van der Waals surface area contributed by atoms with E-state index in [1.807, 2.05) is 83.8 Å². The Kier molecular flexibility index (Phi) is 9.29. The number of fused-ring (bicyclic) bond motifs is 1. The van der Waals surface area contributed by atoms with Gasteiger partial charge in [-0.3, -0.25) is 9.59 Å². The summed E-state index contributed by atoms with van der Waals surface area (Å²) in [7, 11) is 1.70. The van der Waals surface area contributed by atoms with Gasteiger partial charge in [-0.2, -0.15) is 0 Å². The van der Waals surface area contributed by atoms with Gasteiger partial charge in [0.15, 0.2) is 0 Å². The average Bonchev–Trinajstić information content (AvgIpc) is 2.99. The molecule has 3 aromatic rings. The van der Waals surface area contributed by atoms with Crippen molar-refractivity contribution in [2.24, 2.45) is 11.7 Å². The van der Waals surface area contributed by atoms with Crippen LogP contribution in [0.5, 0.6) is 5.75 Å². The maximum absolute atomic E-state index is 13.8. The Morgan fingerprint density at radius 2 is 1.71 bits per heavy atom. The van der Waals surface area contributed by atoms with Crippen molar-refractivity contribution in [3.05, 3.63) is 95.6 Å². The van der Waals surface area contributed by atoms with Gasteiger partial charge >= 0.3 is 0 Å². The molecule has 0 aromatic heterocycles. The standard InChI is InChI=1S/C28H31N3O3.ClH/c1-30-25(27(29)32)16-23-13-12-22-14-15-24(34-19-21-10-6-3-7-11-21)17-26(22)31(28(23)33)18-20-8-4-2-5-9-20;/h2-11,14-15,17,23,25,30H,12-13,16,18-19H2,1H3,(H2,29,32);1H/t23-,25-;/m0./s1. The third-order valence-corrected chi connectivity index (χ3v) is 6.37. The summed E-state index contributed by atoms with van der Waals surface area (Å²) in [5.74, 6) is -0.0283. The summed E-state index contributed by atoms with van der Waals surface area (Å²) in [4.78, 5) is 27.5. The number of nitrogens with zero attached hydrogens (tertiary/aromatic N) is 1. The smallest absolute Gasteiger partial charge is 0.234 e. The van der Waals surface area contributed by atoms with E-state index in [4.69, 9.17) is 10.5 Å². The Balaban J connectivity index is 0.00000342. The minimum atomic E-state index is -0.543. The maximum Gasteiger partial charge on any atom is 0.234 e. The molecule has 2 atom stereocenters. The van der Waals surface area contributed by atoms with E-state index in [0.29, 0.717) is 26.0 Å². The second-order valence-corrected chi connectivity index (χ2v) is 8.69. The molecule has 184 valence electrons. The number of nitrogens with two attached hydrogens (primary N) is 1. The molecule has 1 heterocycles. The number of anilines is 1. The first-order valence-corrected chi connectivity index (χ1v) is 11.7. The van der Waals surface area contributed by atoms with Crippen LogP contribution in [0.4, 0.5) is 5.69 Å². The molecule has 2 amide bonds. The van der Waals surface area contributed by atoms with E-state index in [1.54, 1.807) is 7.05 Å². The molecule has 0 fully saturated rings. The zero-order chi connectivity index (χ0) is 23.9. The van der Waals surface area contributed by atoms with Crippen LogP contribution in [0.1, 0.15) is 29.5 Å². The molecule has 0 saturated carbocycles. The van der Waals surface area contributed by atoms with Crippen LogP contribution in [-0.4, -0.2) is 24.9 Å². The third-order valence-electron chi connectivity index (χ3n) is 6.37. The van der Waals surface area contributed by atoms with Crippen LogP contribution in [0.25, 0.3) is 0 Å². The van der Waals surface area contributed by atoms with E-state index in [-0.39, 0.29) is 24.2 Å². The maximum atomic E-state index is 13.8. The number of likely N-dealkylation sites (N-methyl/N-ethyl adjacent to an activating group) is 1. The first kappa shape index (κ1) is 26.3. The molecule has 0 saturated heterocycles. The highest BCUT2D eigenvalue weighted by Gasteiger charge is 2.33. The Labute approximate surface area is 212 Å². The fourth-order valence-electron chi connectivity index (χ4n) is 4.44. The molecule has 1 aliphatic rings. The Bertz CT molecular complexity index is 1120. The highest BCUT2D eigenvalue weighted by molar-refractivity contribution is 5.97. The van der Waals surface area contributed by atoms with Gasteiger partial charge in [0.2, 0.25) is 11.8 Å². The van der Waals surface area contributed by atoms with Crippen molar-refractivity contribution < 1.29 is 14.3 Å². The van der Waals surface area contributed by atoms with E-state index in [9.17, 15) is 9.59 Å². The molecule has 6 nitrogen and oxygen atoms in total. The van der Waals surface area contributed by atoms with Crippen molar-refractivity contribution in [3.8, 4) is 5.75 Å². The zero-order valence-electron chi connectivity index (χ0n) is 19.9. The number of primary amides is 1. The third kappa shape index (κ3) is 6.62. The van der Waals surface area contributed by atoms with Gasteiger partial charge in [0.05, 0.1) is 18.3 Å². The van der Waals surface area contributed by atoms with Gasteiger partial charge in [0.1, 0.15) is 12.4 Å². The number of rotatable bonds is 9. The van der Waals surface area contributed by atoms with Crippen LogP contribution in [0, 0.1) is 5.92 Å². The largest absolute Gasteiger partial charge is 0.489 e. The first-order valence-electron chi connectivity index (χ1n) is 11.7. The second-order valence-electron chi connectivity index (χ2n) is 8.69. The van der Waals surface area contributed by atoms with Crippen LogP contribution in [0.2, 0.25) is 0 Å². The number of hydrogen-bond donors (Lipinski definition) is 2. The van der Waals surface area contributed by atoms with E-state index < -0.39 is 11.9 Å². The van der Waals surface area contributed by atoms with Crippen LogP contribution < -0.4 is 20.7 Å². The molecular weight excluding hydrogens is 462 g/mol. The number of carbonyl (C=O) groups is 2. The molecule has 3 N–H and O–H groups in total. The lowest BCUT2D eigenvalue weighted by molar-refractivity contribution is -0.124. The quantitative estimate of drug-likeness (QED) is 0.466. The van der Waals surface area contributed by atoms with E-state index >= 15 is 0 Å². The average molecular weight is 494 g/mol. The first-order chi connectivity index (χ1) is 16.5. The lowest BCUT2D eigenvalue weighted by Gasteiger charge is -2.27. The highest BCUT2D eigenvalue weighted by Crippen LogP contribution is 2.35. The van der Waals surface area contributed by atoms with Gasteiger partial charge in [0, 0.05) is 12.0 Å². The fraction of sp³-hybridized carbons (Fsp3) is 0.286. The molecule has 0 aliphatic carbocycles. The summed E-state index contributed by atoms with van der Waals surface area (Å²) in [6.45, 7) is 0.906. The lowest BCUT2D eigenvalue weighted by atomic mass is 9.93. The minimum absolute atomic E-state index is 0. The molecule has 35 heavy (non-hydrogen) atoms. The summed E-state index contributed by atoms with van der Waals surface area (Å²) in [6, 6.07) is 25.4. The predicted octanol–water partition coefficient (Wildman–Crippen LogP) is 4.25. The van der Waals surface area contributed by atoms with Crippen molar-refractivity contribution >= 4 is 29.9 Å². The van der Waals surface area contributed by atoms with E-state index in [2.05, 4.69) is 5.32 Å². The van der Waals surface area contributed by atoms with Crippen molar-refractivity contribution in [3.63, 3.8) is 0 Å². The summed E-state index contributed by atoms with van der Waals surface area (Å²) in [5, 5.41) is 2.95. The van der Waals surface area contributed by atoms with Crippen molar-refractivity contribution in [1.82, 2.24) is 5.32 Å². The van der Waals surface area contributed by atoms with Gasteiger partial charge in [-0.05, 0) is 49.1 Å². The number of aryl methyl sites for hydroxylation is 1. The Morgan fingerprint density at radius 3 is 2.34 bits per heavy atom. The number of ether oxygens (including phenoxy) is 1. The van der Waals surface area contributed by atoms with E-state index in [0.717, 1.165) is 34.5 Å². The fourth-order valence-corrected chi connectivity index (χ4v) is 4.44. The molecule has 7 heteroatoms. The molecule has 4 rings (SSSR count). The molecule has 3 aromatic carbocycles. The van der Waals surface area contributed by atoms with E-state index in [1.165, 1.54) is 0 Å². The van der Waals surface area contributed by atoms with Crippen molar-refractivity contribution in [2.75, 3.05) is 11.9 Å². The predicted molar refractivity (Wildman–Crippen MR) is 141 cm³/mol. The number of hydrogen-bond acceptors (Lipinski definition) is 4. The summed E-state index contributed by atoms with van der Waals surface area (Å²) < 4.78 is 6.06. The molecule has 1 aliphatic heterocycles. The Morgan fingerprint density at radius 1 is 1.06 bits per heavy atom. The van der Waals surface area contributed by atoms with Crippen molar-refractivity contribution in [2.45, 2.75) is 38.5 Å². The molecule has 0 spiro atoms. The monoisotopic (exact) mass is 493 g/mol. The normalized spacial score (nSPS) is 16.0. The molecule has 0 radical (unpaired) electrons. The molecular formula is C28H32ClN3O3. The van der Waals surface area contributed by atoms with Gasteiger partial charge in [0.25, 0.3) is 0 Å². The SMILES string of the molecule is CN[C@@H](C[C@@H]1CCc2ccc(OCc3ccccc3)cc2N(Cc2ccccc2)C1=O)C(N)=O.Cl. The number of nitrogens with one attached hydrogen (secondary N) is 1. The van der Waals surface area contributed by atoms with Gasteiger partial charge in [-0.1, -0.05) is 66.7 Å². The molecule has 0 bridgehead atoms. The van der Waals surface area contributed by atoms with Crippen LogP contribution in [0.3, 0.4) is 0 Å². The van der Waals surface area contributed by atoms with Crippen LogP contribution in [-0.2, 0) is 29.2 Å². The number of carbonyl (C=O) groups excluding carboxylic acids is 2. The van der Waals surface area contributed by atoms with Gasteiger partial charge in [-0.15, -0.1) is 12.4 Å². The minimum Gasteiger partial charge on any atom is -0.489 e. The number of benzene rings is 3. The van der Waals surface area contributed by atoms with Crippen LogP contribution >= 0.6 is 12.4 Å². The number of halogens is 1. The molecule has 0 unspecified atom stereocenters. The number of amides is 2. The topological polar surface area (TPSA) is 84.7 Å². The van der Waals surface area contributed by atoms with Crippen molar-refractivity contribution in [1.29, 1.82) is 0 Å². The van der Waals surface area contributed by atoms with Gasteiger partial charge < -0.3 is 20.7 Å². The summed E-state index contributed by atoms with van der Waals surface area (Å²) in [6.07, 6.45) is 1.78. The highest BCUT2D eigenvalue weighted by atomic mass is 35.5. The van der Waals surface area contributed by atoms with Gasteiger partial charge in [-0.25, -0.2) is 0 Å². The van der Waals surface area contributed by atoms with Crippen LogP contribution in [0.15, 0.2) is 78.9 Å². The lowest BCUT2D eigenvalue weighted by Crippen LogP contribution is -2.44. The second kappa shape index (κ2) is 12.4. The zero-order valence-corrected chi connectivity index (χ0v) is 20.7. The summed E-state index contributed by atoms with van der Waals surface area (Å²) in [5.41, 5.74) is 9.63. The Hall–Kier alpha value is -3.35.